The van der Waals surface area contributed by atoms with Crippen LogP contribution in [0.25, 0.3) is 0 Å². The molecule has 1 aromatic carbocycles. The molecule has 0 aliphatic rings. The summed E-state index contributed by atoms with van der Waals surface area (Å²) in [5.41, 5.74) is 8.09. The zero-order chi connectivity index (χ0) is 16.2. The normalized spacial score (nSPS) is 12.3. The number of benzene rings is 1. The quantitative estimate of drug-likeness (QED) is 0.752. The fourth-order valence-electron chi connectivity index (χ4n) is 2.42. The first-order valence-electron chi connectivity index (χ1n) is 7.33. The number of nitrogens with zero attached hydrogens (tertiary/aromatic N) is 1. The molecule has 0 saturated heterocycles. The van der Waals surface area contributed by atoms with Gasteiger partial charge in [0.15, 0.2) is 0 Å². The minimum Gasteiger partial charge on any atom is -0.398 e. The van der Waals surface area contributed by atoms with Gasteiger partial charge in [-0.25, -0.2) is 8.42 Å². The fourth-order valence-corrected chi connectivity index (χ4v) is 4.42. The number of hydrogen-bond acceptors (Lipinski definition) is 4. The number of nitrogen functional groups attached to an aromatic ring is 1. The van der Waals surface area contributed by atoms with Gasteiger partial charge in [-0.15, -0.1) is 0 Å². The highest BCUT2D eigenvalue weighted by Gasteiger charge is 2.29. The van der Waals surface area contributed by atoms with Crippen LogP contribution in [0, 0.1) is 0 Å². The SMILES string of the molecule is CCc1cc(N)c(CC)c(S(=O)(=O)N(CCO)C(C)C)c1. The molecule has 1 aromatic rings. The van der Waals surface area contributed by atoms with Crippen molar-refractivity contribution in [2.24, 2.45) is 0 Å². The number of aryl methyl sites for hydroxylation is 1. The average Bonchev–Trinajstić information content (AvgIpc) is 2.43. The van der Waals surface area contributed by atoms with Gasteiger partial charge >= 0.3 is 0 Å². The van der Waals surface area contributed by atoms with Crippen LogP contribution in [0.1, 0.15) is 38.8 Å². The molecular weight excluding hydrogens is 288 g/mol. The van der Waals surface area contributed by atoms with E-state index in [4.69, 9.17) is 10.8 Å². The standard InChI is InChI=1S/C15H26N2O3S/c1-5-12-9-14(16)13(6-2)15(10-12)21(19,20)17(7-8-18)11(3)4/h9-11,18H,5-8,16H2,1-4H3. The summed E-state index contributed by atoms with van der Waals surface area (Å²) in [6.45, 7) is 7.33. The Labute approximate surface area is 127 Å². The van der Waals surface area contributed by atoms with E-state index >= 15 is 0 Å². The van der Waals surface area contributed by atoms with Crippen LogP contribution in [0.4, 0.5) is 5.69 Å². The van der Waals surface area contributed by atoms with Crippen molar-refractivity contribution in [3.05, 3.63) is 23.3 Å². The van der Waals surface area contributed by atoms with Gasteiger partial charge in [0.1, 0.15) is 0 Å². The van der Waals surface area contributed by atoms with E-state index in [1.54, 1.807) is 19.9 Å². The summed E-state index contributed by atoms with van der Waals surface area (Å²) in [4.78, 5) is 0.268. The maximum absolute atomic E-state index is 12.9. The second kappa shape index (κ2) is 7.24. The molecule has 0 amide bonds. The van der Waals surface area contributed by atoms with Gasteiger partial charge in [0.2, 0.25) is 10.0 Å². The van der Waals surface area contributed by atoms with Gasteiger partial charge in [0.25, 0.3) is 0 Å². The molecule has 0 heterocycles. The van der Waals surface area contributed by atoms with Crippen LogP contribution in [0.15, 0.2) is 17.0 Å². The van der Waals surface area contributed by atoms with Crippen molar-refractivity contribution in [2.45, 2.75) is 51.5 Å². The van der Waals surface area contributed by atoms with E-state index in [2.05, 4.69) is 0 Å². The summed E-state index contributed by atoms with van der Waals surface area (Å²) in [5, 5.41) is 9.15. The van der Waals surface area contributed by atoms with Crippen LogP contribution in [0.5, 0.6) is 0 Å². The summed E-state index contributed by atoms with van der Waals surface area (Å²) in [6, 6.07) is 3.32. The van der Waals surface area contributed by atoms with Crippen molar-refractivity contribution in [2.75, 3.05) is 18.9 Å². The third-order valence-electron chi connectivity index (χ3n) is 3.55. The molecule has 0 atom stereocenters. The van der Waals surface area contributed by atoms with E-state index in [0.29, 0.717) is 17.7 Å². The summed E-state index contributed by atoms with van der Waals surface area (Å²) in [6.07, 6.45) is 1.27. The number of aliphatic hydroxyl groups is 1. The summed E-state index contributed by atoms with van der Waals surface area (Å²) >= 11 is 0. The molecule has 3 N–H and O–H groups in total. The third kappa shape index (κ3) is 3.75. The van der Waals surface area contributed by atoms with Gasteiger partial charge < -0.3 is 10.8 Å². The van der Waals surface area contributed by atoms with Crippen molar-refractivity contribution in [1.29, 1.82) is 0 Å². The first kappa shape index (κ1) is 17.9. The van der Waals surface area contributed by atoms with Crippen molar-refractivity contribution in [3.63, 3.8) is 0 Å². The van der Waals surface area contributed by atoms with Crippen molar-refractivity contribution in [3.8, 4) is 0 Å². The highest BCUT2D eigenvalue weighted by atomic mass is 32.2. The molecule has 0 fully saturated rings. The first-order valence-corrected chi connectivity index (χ1v) is 8.77. The molecule has 0 aliphatic carbocycles. The van der Waals surface area contributed by atoms with Gasteiger partial charge in [-0.3, -0.25) is 0 Å². The summed E-state index contributed by atoms with van der Waals surface area (Å²) in [5.74, 6) is 0. The van der Waals surface area contributed by atoms with Gasteiger partial charge in [-0.2, -0.15) is 4.31 Å². The second-order valence-electron chi connectivity index (χ2n) is 5.30. The fraction of sp³-hybridized carbons (Fsp3) is 0.600. The number of aliphatic hydroxyl groups excluding tert-OH is 1. The number of rotatable bonds is 7. The summed E-state index contributed by atoms with van der Waals surface area (Å²) < 4.78 is 27.2. The molecule has 5 nitrogen and oxygen atoms in total. The molecule has 0 radical (unpaired) electrons. The van der Waals surface area contributed by atoms with Crippen LogP contribution in [-0.2, 0) is 22.9 Å². The van der Waals surface area contributed by atoms with E-state index in [9.17, 15) is 8.42 Å². The highest BCUT2D eigenvalue weighted by Crippen LogP contribution is 2.28. The first-order chi connectivity index (χ1) is 9.79. The van der Waals surface area contributed by atoms with Crippen molar-refractivity contribution >= 4 is 15.7 Å². The predicted molar refractivity (Wildman–Crippen MR) is 85.7 cm³/mol. The number of sulfonamides is 1. The molecule has 0 spiro atoms. The predicted octanol–water partition coefficient (Wildman–Crippen LogP) is 1.78. The number of anilines is 1. The summed E-state index contributed by atoms with van der Waals surface area (Å²) in [7, 11) is -3.67. The molecule has 0 aromatic heterocycles. The smallest absolute Gasteiger partial charge is 0.243 e. The minimum atomic E-state index is -3.67. The Hall–Kier alpha value is -1.11. The van der Waals surface area contributed by atoms with E-state index in [-0.39, 0.29) is 24.1 Å². The second-order valence-corrected chi connectivity index (χ2v) is 7.16. The van der Waals surface area contributed by atoms with E-state index < -0.39 is 10.0 Å². The Morgan fingerprint density at radius 1 is 1.24 bits per heavy atom. The molecule has 0 aliphatic heterocycles. The Balaban J connectivity index is 3.51. The molecule has 1 rings (SSSR count). The van der Waals surface area contributed by atoms with Gasteiger partial charge in [0, 0.05) is 18.3 Å². The van der Waals surface area contributed by atoms with E-state index in [1.807, 2.05) is 19.9 Å². The number of nitrogens with two attached hydrogens (primary N) is 1. The van der Waals surface area contributed by atoms with Crippen LogP contribution >= 0.6 is 0 Å². The molecule has 120 valence electrons. The molecule has 0 saturated carbocycles. The topological polar surface area (TPSA) is 83.6 Å². The van der Waals surface area contributed by atoms with Gasteiger partial charge in [-0.05, 0) is 49.9 Å². The van der Waals surface area contributed by atoms with Gasteiger partial charge in [-0.1, -0.05) is 13.8 Å². The zero-order valence-corrected chi connectivity index (χ0v) is 14.1. The highest BCUT2D eigenvalue weighted by molar-refractivity contribution is 7.89. The third-order valence-corrected chi connectivity index (χ3v) is 5.69. The van der Waals surface area contributed by atoms with E-state index in [1.165, 1.54) is 4.31 Å². The lowest BCUT2D eigenvalue weighted by Crippen LogP contribution is -2.39. The van der Waals surface area contributed by atoms with Crippen LogP contribution in [-0.4, -0.2) is 37.0 Å². The largest absolute Gasteiger partial charge is 0.398 e. The number of hydrogen-bond donors (Lipinski definition) is 2. The lowest BCUT2D eigenvalue weighted by molar-refractivity contribution is 0.236. The van der Waals surface area contributed by atoms with Gasteiger partial charge in [0.05, 0.1) is 11.5 Å². The van der Waals surface area contributed by atoms with Crippen molar-refractivity contribution < 1.29 is 13.5 Å². The maximum Gasteiger partial charge on any atom is 0.243 e. The minimum absolute atomic E-state index is 0.0827. The Morgan fingerprint density at radius 3 is 2.29 bits per heavy atom. The van der Waals surface area contributed by atoms with Crippen LogP contribution in [0.3, 0.4) is 0 Å². The lowest BCUT2D eigenvalue weighted by Gasteiger charge is -2.27. The zero-order valence-electron chi connectivity index (χ0n) is 13.3. The Morgan fingerprint density at radius 2 is 1.86 bits per heavy atom. The molecule has 0 unspecified atom stereocenters. The molecule has 6 heteroatoms. The van der Waals surface area contributed by atoms with Crippen molar-refractivity contribution in [1.82, 2.24) is 4.31 Å². The molecular formula is C15H26N2O3S. The Bertz CT molecular complexity index is 583. The Kier molecular flexibility index (Phi) is 6.19. The lowest BCUT2D eigenvalue weighted by atomic mass is 10.1. The van der Waals surface area contributed by atoms with Crippen LogP contribution < -0.4 is 5.73 Å². The molecule has 0 bridgehead atoms. The van der Waals surface area contributed by atoms with Crippen LogP contribution in [0.2, 0.25) is 0 Å². The van der Waals surface area contributed by atoms with E-state index in [0.717, 1.165) is 12.0 Å². The maximum atomic E-state index is 12.9. The monoisotopic (exact) mass is 314 g/mol. The average molecular weight is 314 g/mol. The molecule has 21 heavy (non-hydrogen) atoms.